The largest absolute Gasteiger partial charge is 0.298 e. The first-order valence-corrected chi connectivity index (χ1v) is 6.65. The second-order valence-electron chi connectivity index (χ2n) is 5.00. The van der Waals surface area contributed by atoms with E-state index in [4.69, 9.17) is 0 Å². The third kappa shape index (κ3) is 2.80. The van der Waals surface area contributed by atoms with Gasteiger partial charge >= 0.3 is 0 Å². The first-order valence-electron chi connectivity index (χ1n) is 6.65. The SMILES string of the molecule is CCC(CC)(C(=O)CCc1ccnn1C)N(C)C. The fourth-order valence-electron chi connectivity index (χ4n) is 2.65. The number of nitrogens with zero attached hydrogens (tertiary/aromatic N) is 3. The molecule has 0 aliphatic heterocycles. The minimum Gasteiger partial charge on any atom is -0.298 e. The van der Waals surface area contributed by atoms with Crippen LogP contribution in [0.15, 0.2) is 12.3 Å². The minimum atomic E-state index is -0.307. The molecule has 0 radical (unpaired) electrons. The van der Waals surface area contributed by atoms with Crippen molar-refractivity contribution in [1.82, 2.24) is 14.7 Å². The maximum absolute atomic E-state index is 12.5. The van der Waals surface area contributed by atoms with Gasteiger partial charge in [-0.1, -0.05) is 13.8 Å². The summed E-state index contributed by atoms with van der Waals surface area (Å²) in [6, 6.07) is 1.97. The first kappa shape index (κ1) is 14.9. The van der Waals surface area contributed by atoms with Crippen LogP contribution in [-0.4, -0.2) is 40.1 Å². The molecule has 0 aliphatic rings. The lowest BCUT2D eigenvalue weighted by molar-refractivity contribution is -0.130. The lowest BCUT2D eigenvalue weighted by atomic mass is 9.84. The van der Waals surface area contributed by atoms with E-state index in [1.54, 1.807) is 6.20 Å². The Morgan fingerprint density at radius 3 is 2.39 bits per heavy atom. The van der Waals surface area contributed by atoms with E-state index in [0.29, 0.717) is 12.2 Å². The second kappa shape index (κ2) is 6.14. The Hall–Kier alpha value is -1.16. The van der Waals surface area contributed by atoms with E-state index in [-0.39, 0.29) is 5.54 Å². The van der Waals surface area contributed by atoms with Crippen LogP contribution in [0, 0.1) is 0 Å². The van der Waals surface area contributed by atoms with Crippen molar-refractivity contribution in [3.63, 3.8) is 0 Å². The Bertz CT molecular complexity index is 391. The molecule has 0 amide bonds. The molecule has 18 heavy (non-hydrogen) atoms. The zero-order valence-corrected chi connectivity index (χ0v) is 12.2. The maximum Gasteiger partial charge on any atom is 0.153 e. The molecule has 0 N–H and O–H groups in total. The fraction of sp³-hybridized carbons (Fsp3) is 0.714. The van der Waals surface area contributed by atoms with Gasteiger partial charge in [0.15, 0.2) is 5.78 Å². The summed E-state index contributed by atoms with van der Waals surface area (Å²) in [6.45, 7) is 4.18. The predicted molar refractivity (Wildman–Crippen MR) is 73.5 cm³/mol. The molecule has 0 spiro atoms. The van der Waals surface area contributed by atoms with Crippen molar-refractivity contribution in [2.75, 3.05) is 14.1 Å². The summed E-state index contributed by atoms with van der Waals surface area (Å²) in [6.07, 6.45) is 4.85. The summed E-state index contributed by atoms with van der Waals surface area (Å²) in [5, 5.41) is 4.13. The van der Waals surface area contributed by atoms with Crippen molar-refractivity contribution in [2.45, 2.75) is 45.1 Å². The lowest BCUT2D eigenvalue weighted by Gasteiger charge is -2.37. The monoisotopic (exact) mass is 251 g/mol. The molecule has 0 aromatic carbocycles. The van der Waals surface area contributed by atoms with Gasteiger partial charge < -0.3 is 0 Å². The summed E-state index contributed by atoms with van der Waals surface area (Å²) in [7, 11) is 5.91. The number of carbonyl (C=O) groups excluding carboxylic acids is 1. The van der Waals surface area contributed by atoms with Crippen molar-refractivity contribution in [3.05, 3.63) is 18.0 Å². The normalized spacial score (nSPS) is 12.1. The summed E-state index contributed by atoms with van der Waals surface area (Å²) in [5.41, 5.74) is 0.807. The Labute approximate surface area is 110 Å². The van der Waals surface area contributed by atoms with Crippen LogP contribution in [0.4, 0.5) is 0 Å². The van der Waals surface area contributed by atoms with E-state index in [0.717, 1.165) is 25.0 Å². The average Bonchev–Trinajstić information content (AvgIpc) is 2.74. The highest BCUT2D eigenvalue weighted by Gasteiger charge is 2.36. The van der Waals surface area contributed by atoms with Gasteiger partial charge in [-0.3, -0.25) is 14.4 Å². The van der Waals surface area contributed by atoms with E-state index < -0.39 is 0 Å². The number of ketones is 1. The van der Waals surface area contributed by atoms with Crippen molar-refractivity contribution in [2.24, 2.45) is 7.05 Å². The van der Waals surface area contributed by atoms with Crippen molar-refractivity contribution >= 4 is 5.78 Å². The zero-order valence-electron chi connectivity index (χ0n) is 12.2. The van der Waals surface area contributed by atoms with E-state index in [1.807, 2.05) is 31.9 Å². The minimum absolute atomic E-state index is 0.307. The first-order chi connectivity index (χ1) is 8.47. The zero-order chi connectivity index (χ0) is 13.8. The smallest absolute Gasteiger partial charge is 0.153 e. The standard InChI is InChI=1S/C14H25N3O/c1-6-14(7-2,16(3)4)13(18)9-8-12-10-11-15-17(12)5/h10-11H,6-9H2,1-5H3. The Balaban J connectivity index is 2.72. The molecule has 1 aromatic rings. The number of Topliss-reactive ketones (excluding diaryl/α,β-unsaturated/α-hetero) is 1. The number of hydrogen-bond acceptors (Lipinski definition) is 3. The van der Waals surface area contributed by atoms with Gasteiger partial charge in [-0.2, -0.15) is 5.10 Å². The third-order valence-corrected chi connectivity index (χ3v) is 4.08. The lowest BCUT2D eigenvalue weighted by Crippen LogP contribution is -2.50. The van der Waals surface area contributed by atoms with Gasteiger partial charge in [0, 0.05) is 25.4 Å². The average molecular weight is 251 g/mol. The molecule has 0 unspecified atom stereocenters. The molecule has 4 nitrogen and oxygen atoms in total. The van der Waals surface area contributed by atoms with Crippen LogP contribution < -0.4 is 0 Å². The highest BCUT2D eigenvalue weighted by molar-refractivity contribution is 5.88. The number of aryl methyl sites for hydroxylation is 2. The Morgan fingerprint density at radius 2 is 2.00 bits per heavy atom. The highest BCUT2D eigenvalue weighted by atomic mass is 16.1. The summed E-state index contributed by atoms with van der Waals surface area (Å²) >= 11 is 0. The number of rotatable bonds is 7. The van der Waals surface area contributed by atoms with Crippen LogP contribution in [0.2, 0.25) is 0 Å². The third-order valence-electron chi connectivity index (χ3n) is 4.08. The van der Waals surface area contributed by atoms with Crippen LogP contribution in [0.5, 0.6) is 0 Å². The van der Waals surface area contributed by atoms with E-state index in [9.17, 15) is 4.79 Å². The van der Waals surface area contributed by atoms with Crippen molar-refractivity contribution < 1.29 is 4.79 Å². The molecule has 0 aliphatic carbocycles. The van der Waals surface area contributed by atoms with Crippen LogP contribution in [0.3, 0.4) is 0 Å². The molecule has 0 bridgehead atoms. The summed E-state index contributed by atoms with van der Waals surface area (Å²) in [4.78, 5) is 14.6. The van der Waals surface area contributed by atoms with Crippen LogP contribution in [0.25, 0.3) is 0 Å². The molecular formula is C14H25N3O. The molecule has 1 heterocycles. The highest BCUT2D eigenvalue weighted by Crippen LogP contribution is 2.24. The van der Waals surface area contributed by atoms with Gasteiger partial charge in [0.05, 0.1) is 5.54 Å². The van der Waals surface area contributed by atoms with Gasteiger partial charge in [-0.25, -0.2) is 0 Å². The maximum atomic E-state index is 12.5. The number of carbonyl (C=O) groups is 1. The van der Waals surface area contributed by atoms with Crippen molar-refractivity contribution in [3.8, 4) is 0 Å². The van der Waals surface area contributed by atoms with Gasteiger partial charge in [0.25, 0.3) is 0 Å². The molecule has 1 rings (SSSR count). The Kier molecular flexibility index (Phi) is 5.08. The van der Waals surface area contributed by atoms with Crippen LogP contribution >= 0.6 is 0 Å². The summed E-state index contributed by atoms with van der Waals surface area (Å²) in [5.74, 6) is 0.332. The van der Waals surface area contributed by atoms with E-state index >= 15 is 0 Å². The summed E-state index contributed by atoms with van der Waals surface area (Å²) < 4.78 is 1.84. The molecule has 4 heteroatoms. The van der Waals surface area contributed by atoms with E-state index in [2.05, 4.69) is 23.8 Å². The number of hydrogen-bond donors (Lipinski definition) is 0. The molecule has 0 atom stereocenters. The molecule has 1 aromatic heterocycles. The molecule has 0 saturated heterocycles. The van der Waals surface area contributed by atoms with Crippen LogP contribution in [0.1, 0.15) is 38.8 Å². The fourth-order valence-corrected chi connectivity index (χ4v) is 2.65. The number of likely N-dealkylation sites (N-methyl/N-ethyl adjacent to an activating group) is 1. The topological polar surface area (TPSA) is 38.1 Å². The van der Waals surface area contributed by atoms with Gasteiger partial charge in [0.2, 0.25) is 0 Å². The quantitative estimate of drug-likeness (QED) is 0.744. The molecule has 0 fully saturated rings. The van der Waals surface area contributed by atoms with Gasteiger partial charge in [0.1, 0.15) is 0 Å². The number of aromatic nitrogens is 2. The molecule has 102 valence electrons. The molecule has 0 saturated carbocycles. The van der Waals surface area contributed by atoms with Crippen LogP contribution in [-0.2, 0) is 18.3 Å². The molecular weight excluding hydrogens is 226 g/mol. The van der Waals surface area contributed by atoms with Gasteiger partial charge in [-0.05, 0) is 39.4 Å². The second-order valence-corrected chi connectivity index (χ2v) is 5.00. The van der Waals surface area contributed by atoms with E-state index in [1.165, 1.54) is 0 Å². The Morgan fingerprint density at radius 1 is 1.39 bits per heavy atom. The van der Waals surface area contributed by atoms with Crippen molar-refractivity contribution in [1.29, 1.82) is 0 Å². The predicted octanol–water partition coefficient (Wildman–Crippen LogP) is 2.04. The van der Waals surface area contributed by atoms with Gasteiger partial charge in [-0.15, -0.1) is 0 Å².